The summed E-state index contributed by atoms with van der Waals surface area (Å²) in [6, 6.07) is 12.8. The molecule has 6 aliphatic heterocycles. The molecule has 7 heterocycles. The Hall–Kier alpha value is -5.69. The number of fused-ring (bicyclic) bond motifs is 2. The van der Waals surface area contributed by atoms with Crippen LogP contribution in [0.1, 0.15) is 56.9 Å². The van der Waals surface area contributed by atoms with E-state index in [-0.39, 0.29) is 30.5 Å². The highest BCUT2D eigenvalue weighted by Gasteiger charge is 2.56. The van der Waals surface area contributed by atoms with Crippen molar-refractivity contribution >= 4 is 58.2 Å². The number of hydrogen-bond acceptors (Lipinski definition) is 15. The van der Waals surface area contributed by atoms with Crippen LogP contribution in [0.25, 0.3) is 0 Å². The number of anilines is 5. The van der Waals surface area contributed by atoms with Gasteiger partial charge in [0.15, 0.2) is 17.9 Å². The van der Waals surface area contributed by atoms with Crippen LogP contribution < -0.4 is 31.1 Å². The van der Waals surface area contributed by atoms with Crippen LogP contribution in [0, 0.1) is 17.8 Å². The number of imide groups is 2. The number of aromatic nitrogens is 2. The van der Waals surface area contributed by atoms with E-state index in [0.717, 1.165) is 100 Å². The average Bonchev–Trinajstić information content (AvgIpc) is 3.50. The summed E-state index contributed by atoms with van der Waals surface area (Å²) in [6.45, 7) is 9.82. The number of hydrogen-bond donors (Lipinski definition) is 4. The fourth-order valence-corrected chi connectivity index (χ4v) is 10.5. The number of aliphatic hydroxyl groups excluding tert-OH is 1. The standard InChI is InChI=1S/C43H52N12O6/c1-49-13-18-54(43(49)61)28-3-2-12-52(21-28)35-20-45-37(38(44)57)39(47-35)46-25-4-6-26(7-5-25)51-16-14-50(15-17-51)22-31-32-23-53(24-33(31)32)27-8-9-29-30(19-27)42(60)55(41(29)59)34-10-11-36(56)48-40(34)58/h4-9,19-20,28,31-34,43,61H,2-3,10-18,21-24H2,1H3,(H2,44,57)(H,46,47)(H,48,56,58)/t28-,31?,32-,33+,34?,43?/m1/s1. The van der Waals surface area contributed by atoms with E-state index >= 15 is 0 Å². The van der Waals surface area contributed by atoms with Crippen molar-refractivity contribution in [1.82, 2.24) is 34.9 Å². The minimum absolute atomic E-state index is 0.0825. The number of piperidine rings is 3. The van der Waals surface area contributed by atoms with Crippen LogP contribution in [0.5, 0.6) is 0 Å². The normalized spacial score (nSPS) is 28.4. The number of likely N-dealkylation sites (N-methyl/N-ethyl adjacent to an activating group) is 1. The molecular weight excluding hydrogens is 781 g/mol. The highest BCUT2D eigenvalue weighted by molar-refractivity contribution is 6.23. The predicted octanol–water partition coefficient (Wildman–Crippen LogP) is 0.717. The summed E-state index contributed by atoms with van der Waals surface area (Å²) in [7, 11) is 1.93. The Kier molecular flexibility index (Phi) is 10.1. The van der Waals surface area contributed by atoms with Gasteiger partial charge in [-0.2, -0.15) is 0 Å². The quantitative estimate of drug-likeness (QED) is 0.208. The van der Waals surface area contributed by atoms with Gasteiger partial charge >= 0.3 is 0 Å². The maximum absolute atomic E-state index is 13.4. The molecule has 0 radical (unpaired) electrons. The van der Waals surface area contributed by atoms with Gasteiger partial charge in [-0.15, -0.1) is 0 Å². The van der Waals surface area contributed by atoms with E-state index in [2.05, 4.69) is 52.2 Å². The smallest absolute Gasteiger partial charge is 0.271 e. The van der Waals surface area contributed by atoms with Crippen LogP contribution in [0.3, 0.4) is 0 Å². The molecule has 1 aliphatic carbocycles. The summed E-state index contributed by atoms with van der Waals surface area (Å²) in [6.07, 6.45) is 3.21. The fraction of sp³-hybridized carbons (Fsp3) is 0.512. The number of rotatable bonds is 10. The van der Waals surface area contributed by atoms with Crippen LogP contribution in [-0.4, -0.2) is 162 Å². The van der Waals surface area contributed by atoms with Gasteiger partial charge in [0.25, 0.3) is 17.7 Å². The monoisotopic (exact) mass is 832 g/mol. The third kappa shape index (κ3) is 7.34. The van der Waals surface area contributed by atoms with Crippen LogP contribution in [0.2, 0.25) is 0 Å². The molecule has 18 heteroatoms. The van der Waals surface area contributed by atoms with Crippen molar-refractivity contribution in [3.8, 4) is 0 Å². The summed E-state index contributed by atoms with van der Waals surface area (Å²) >= 11 is 0. The Morgan fingerprint density at radius 1 is 0.852 bits per heavy atom. The first kappa shape index (κ1) is 39.4. The number of piperazine rings is 1. The van der Waals surface area contributed by atoms with Gasteiger partial charge in [0.05, 0.1) is 17.3 Å². The largest absolute Gasteiger partial charge is 0.371 e. The number of carbonyl (C=O) groups excluding carboxylic acids is 5. The van der Waals surface area contributed by atoms with E-state index in [0.29, 0.717) is 47.1 Å². The van der Waals surface area contributed by atoms with E-state index in [1.165, 1.54) is 0 Å². The van der Waals surface area contributed by atoms with Crippen molar-refractivity contribution in [1.29, 1.82) is 0 Å². The maximum atomic E-state index is 13.4. The molecule has 10 rings (SSSR count). The molecule has 7 aliphatic rings. The second-order valence-electron chi connectivity index (χ2n) is 17.6. The number of nitrogens with zero attached hydrogens (tertiary/aromatic N) is 9. The zero-order valence-electron chi connectivity index (χ0n) is 34.3. The first-order valence-electron chi connectivity index (χ1n) is 21.5. The molecule has 6 atom stereocenters. The Balaban J connectivity index is 0.706. The minimum Gasteiger partial charge on any atom is -0.371 e. The molecule has 1 aromatic heterocycles. The molecule has 6 fully saturated rings. The van der Waals surface area contributed by atoms with Gasteiger partial charge in [-0.1, -0.05) is 0 Å². The van der Waals surface area contributed by atoms with E-state index in [4.69, 9.17) is 10.7 Å². The number of aliphatic hydroxyl groups is 1. The molecule has 3 unspecified atom stereocenters. The van der Waals surface area contributed by atoms with Crippen LogP contribution >= 0.6 is 0 Å². The molecule has 18 nitrogen and oxygen atoms in total. The van der Waals surface area contributed by atoms with Gasteiger partial charge in [0.2, 0.25) is 11.8 Å². The van der Waals surface area contributed by atoms with Crippen LogP contribution in [-0.2, 0) is 9.59 Å². The Morgan fingerprint density at radius 2 is 1.59 bits per heavy atom. The van der Waals surface area contributed by atoms with Crippen molar-refractivity contribution in [3.05, 3.63) is 65.5 Å². The van der Waals surface area contributed by atoms with Gasteiger partial charge in [0.1, 0.15) is 11.9 Å². The lowest BCUT2D eigenvalue weighted by atomic mass is 10.0. The van der Waals surface area contributed by atoms with Crippen molar-refractivity contribution in [2.24, 2.45) is 23.5 Å². The number of benzene rings is 2. The first-order chi connectivity index (χ1) is 29.5. The van der Waals surface area contributed by atoms with Gasteiger partial charge < -0.3 is 30.9 Å². The summed E-state index contributed by atoms with van der Waals surface area (Å²) in [5.74, 6) is 0.195. The number of amides is 5. The van der Waals surface area contributed by atoms with Gasteiger partial charge in [0, 0.05) is 102 Å². The van der Waals surface area contributed by atoms with Crippen molar-refractivity contribution in [2.45, 2.75) is 44.1 Å². The summed E-state index contributed by atoms with van der Waals surface area (Å²) in [5.41, 5.74) is 9.25. The second kappa shape index (κ2) is 15.6. The predicted molar refractivity (Wildman–Crippen MR) is 225 cm³/mol. The summed E-state index contributed by atoms with van der Waals surface area (Å²) in [5, 5.41) is 16.2. The molecule has 0 spiro atoms. The van der Waals surface area contributed by atoms with E-state index in [1.807, 2.05) is 30.1 Å². The molecule has 1 saturated carbocycles. The first-order valence-corrected chi connectivity index (χ1v) is 21.5. The molecule has 5 N–H and O–H groups in total. The zero-order chi connectivity index (χ0) is 42.1. The summed E-state index contributed by atoms with van der Waals surface area (Å²) < 4.78 is 0. The van der Waals surface area contributed by atoms with Crippen molar-refractivity contribution < 1.29 is 29.1 Å². The van der Waals surface area contributed by atoms with E-state index in [9.17, 15) is 29.1 Å². The van der Waals surface area contributed by atoms with Gasteiger partial charge in [-0.3, -0.25) is 48.9 Å². The van der Waals surface area contributed by atoms with Crippen LogP contribution in [0.4, 0.5) is 28.7 Å². The SMILES string of the molecule is CN1CCN([C@@H]2CCCN(c3cnc(C(N)=O)c(Nc4ccc(N5CCN(CC6[C@H]7CN(c8ccc9c(c8)C(=O)N(C8CCC(=O)NC8=O)C9=O)C[C@@H]67)CC5)cc4)n3)C2)C1O. The number of carbonyl (C=O) groups is 5. The Labute approximate surface area is 353 Å². The molecule has 2 aromatic carbocycles. The van der Waals surface area contributed by atoms with Gasteiger partial charge in [-0.25, -0.2) is 9.97 Å². The third-order valence-corrected chi connectivity index (χ3v) is 14.1. The topological polar surface area (TPSA) is 204 Å². The van der Waals surface area contributed by atoms with Gasteiger partial charge in [-0.05, 0) is 86.5 Å². The molecule has 5 amide bonds. The van der Waals surface area contributed by atoms with Crippen LogP contribution in [0.15, 0.2) is 48.7 Å². The number of primary amides is 1. The van der Waals surface area contributed by atoms with Crippen molar-refractivity contribution in [2.75, 3.05) is 99.1 Å². The Bertz CT molecular complexity index is 2260. The van der Waals surface area contributed by atoms with E-state index in [1.54, 1.807) is 18.3 Å². The summed E-state index contributed by atoms with van der Waals surface area (Å²) in [4.78, 5) is 86.8. The molecule has 61 heavy (non-hydrogen) atoms. The average molecular weight is 833 g/mol. The number of nitrogens with two attached hydrogens (primary N) is 1. The third-order valence-electron chi connectivity index (χ3n) is 14.1. The number of nitrogens with one attached hydrogen (secondary N) is 2. The molecular formula is C43H52N12O6. The lowest BCUT2D eigenvalue weighted by Gasteiger charge is -2.39. The minimum atomic E-state index is -0.970. The zero-order valence-corrected chi connectivity index (χ0v) is 34.3. The second-order valence-corrected chi connectivity index (χ2v) is 17.6. The molecule has 5 saturated heterocycles. The molecule has 320 valence electrons. The van der Waals surface area contributed by atoms with E-state index < -0.39 is 36.0 Å². The Morgan fingerprint density at radius 3 is 2.30 bits per heavy atom. The lowest BCUT2D eigenvalue weighted by molar-refractivity contribution is -0.136. The maximum Gasteiger partial charge on any atom is 0.271 e. The molecule has 0 bridgehead atoms. The highest BCUT2D eigenvalue weighted by Crippen LogP contribution is 2.53. The lowest BCUT2D eigenvalue weighted by Crippen LogP contribution is -2.54. The highest BCUT2D eigenvalue weighted by atomic mass is 16.3. The van der Waals surface area contributed by atoms with Crippen molar-refractivity contribution in [3.63, 3.8) is 0 Å². The molecule has 3 aromatic rings. The fourth-order valence-electron chi connectivity index (χ4n) is 10.5.